The van der Waals surface area contributed by atoms with Gasteiger partial charge in [0.15, 0.2) is 0 Å². The predicted octanol–water partition coefficient (Wildman–Crippen LogP) is 3.77. The van der Waals surface area contributed by atoms with Crippen LogP contribution in [0.25, 0.3) is 0 Å². The van der Waals surface area contributed by atoms with Crippen LogP contribution < -0.4 is 14.8 Å². The Labute approximate surface area is 172 Å². The van der Waals surface area contributed by atoms with Gasteiger partial charge in [-0.2, -0.15) is 4.31 Å². The number of anilines is 1. The van der Waals surface area contributed by atoms with Crippen molar-refractivity contribution in [2.75, 3.05) is 25.5 Å². The Balaban J connectivity index is 2.29. The molecule has 0 radical (unpaired) electrons. The summed E-state index contributed by atoms with van der Waals surface area (Å²) in [6, 6.07) is 11.4. The van der Waals surface area contributed by atoms with E-state index in [1.807, 2.05) is 13.8 Å². The summed E-state index contributed by atoms with van der Waals surface area (Å²) in [5, 5.41) is 2.77. The van der Waals surface area contributed by atoms with E-state index in [1.54, 1.807) is 38.1 Å². The van der Waals surface area contributed by atoms with Gasteiger partial charge in [0, 0.05) is 24.3 Å². The van der Waals surface area contributed by atoms with Crippen LogP contribution in [-0.4, -0.2) is 44.9 Å². The van der Waals surface area contributed by atoms with Crippen LogP contribution in [0, 0.1) is 0 Å². The second kappa shape index (κ2) is 9.76. The number of nitrogens with one attached hydrogen (secondary N) is 1. The molecule has 2 aromatic carbocycles. The molecule has 0 aliphatic heterocycles. The molecule has 0 fully saturated rings. The first-order valence-electron chi connectivity index (χ1n) is 9.49. The Kier molecular flexibility index (Phi) is 7.64. The average molecular weight is 421 g/mol. The molecule has 2 rings (SSSR count). The summed E-state index contributed by atoms with van der Waals surface area (Å²) in [6.45, 7) is 8.03. The molecule has 0 unspecified atom stereocenters. The SMILES string of the molecule is CCN(CC)S(=O)(=O)c1cc(C(=O)Nc2ccc(OC(C)C)cc2)ccc1OC. The zero-order valence-electron chi connectivity index (χ0n) is 17.4. The van der Waals surface area contributed by atoms with Gasteiger partial charge in [-0.3, -0.25) is 4.79 Å². The molecule has 158 valence electrons. The second-order valence-electron chi connectivity index (χ2n) is 6.60. The molecule has 29 heavy (non-hydrogen) atoms. The van der Waals surface area contributed by atoms with Crippen LogP contribution in [0.5, 0.6) is 11.5 Å². The Morgan fingerprint density at radius 2 is 1.69 bits per heavy atom. The zero-order valence-corrected chi connectivity index (χ0v) is 18.2. The second-order valence-corrected chi connectivity index (χ2v) is 8.51. The number of rotatable bonds is 9. The number of hydrogen-bond donors (Lipinski definition) is 1. The smallest absolute Gasteiger partial charge is 0.255 e. The van der Waals surface area contributed by atoms with Crippen LogP contribution in [0.2, 0.25) is 0 Å². The minimum absolute atomic E-state index is 0.0305. The normalized spacial score (nSPS) is 11.6. The van der Waals surface area contributed by atoms with Crippen molar-refractivity contribution in [3.63, 3.8) is 0 Å². The monoisotopic (exact) mass is 420 g/mol. The first kappa shape index (κ1) is 22.7. The van der Waals surface area contributed by atoms with Crippen LogP contribution in [0.15, 0.2) is 47.4 Å². The summed E-state index contributed by atoms with van der Waals surface area (Å²) < 4.78 is 38.0. The molecular formula is C21H28N2O5S. The highest BCUT2D eigenvalue weighted by Gasteiger charge is 2.26. The van der Waals surface area contributed by atoms with E-state index in [1.165, 1.54) is 29.6 Å². The third-order valence-electron chi connectivity index (χ3n) is 4.23. The number of methoxy groups -OCH3 is 1. The van der Waals surface area contributed by atoms with Gasteiger partial charge in [-0.1, -0.05) is 13.8 Å². The number of carbonyl (C=O) groups excluding carboxylic acids is 1. The van der Waals surface area contributed by atoms with Crippen LogP contribution in [0.3, 0.4) is 0 Å². The van der Waals surface area contributed by atoms with E-state index in [2.05, 4.69) is 5.32 Å². The highest BCUT2D eigenvalue weighted by Crippen LogP contribution is 2.28. The molecular weight excluding hydrogens is 392 g/mol. The minimum Gasteiger partial charge on any atom is -0.495 e. The number of ether oxygens (including phenoxy) is 2. The molecule has 1 amide bonds. The zero-order chi connectivity index (χ0) is 21.6. The Bertz CT molecular complexity index is 936. The molecule has 0 aromatic heterocycles. The highest BCUT2D eigenvalue weighted by atomic mass is 32.2. The molecule has 1 N–H and O–H groups in total. The molecule has 2 aromatic rings. The number of nitrogens with zero attached hydrogens (tertiary/aromatic N) is 1. The van der Waals surface area contributed by atoms with E-state index in [4.69, 9.17) is 9.47 Å². The van der Waals surface area contributed by atoms with Crippen LogP contribution in [-0.2, 0) is 10.0 Å². The minimum atomic E-state index is -3.78. The predicted molar refractivity (Wildman–Crippen MR) is 113 cm³/mol. The number of amides is 1. The summed E-state index contributed by atoms with van der Waals surface area (Å²) in [5.74, 6) is 0.486. The first-order valence-corrected chi connectivity index (χ1v) is 10.9. The van der Waals surface area contributed by atoms with Gasteiger partial charge in [0.25, 0.3) is 5.91 Å². The van der Waals surface area contributed by atoms with Gasteiger partial charge in [0.2, 0.25) is 10.0 Å². The quantitative estimate of drug-likeness (QED) is 0.668. The molecule has 0 bridgehead atoms. The molecule has 8 heteroatoms. The number of benzene rings is 2. The highest BCUT2D eigenvalue weighted by molar-refractivity contribution is 7.89. The van der Waals surface area contributed by atoms with Gasteiger partial charge >= 0.3 is 0 Å². The maximum atomic E-state index is 12.9. The number of sulfonamides is 1. The fraction of sp³-hybridized carbons (Fsp3) is 0.381. The maximum Gasteiger partial charge on any atom is 0.255 e. The number of hydrogen-bond acceptors (Lipinski definition) is 5. The largest absolute Gasteiger partial charge is 0.495 e. The fourth-order valence-corrected chi connectivity index (χ4v) is 4.45. The lowest BCUT2D eigenvalue weighted by Gasteiger charge is -2.20. The lowest BCUT2D eigenvalue weighted by Crippen LogP contribution is -2.31. The molecule has 0 saturated carbocycles. The maximum absolute atomic E-state index is 12.9. The third kappa shape index (κ3) is 5.48. The standard InChI is InChI=1S/C21H28N2O5S/c1-6-23(7-2)29(25,26)20-14-16(8-13-19(20)27-5)21(24)22-17-9-11-18(12-10-17)28-15(3)4/h8-15H,6-7H2,1-5H3,(H,22,24). The van der Waals surface area contributed by atoms with E-state index in [0.717, 1.165) is 0 Å². The molecule has 0 heterocycles. The Morgan fingerprint density at radius 3 is 2.21 bits per heavy atom. The van der Waals surface area contributed by atoms with Gasteiger partial charge in [0.1, 0.15) is 16.4 Å². The summed E-state index contributed by atoms with van der Waals surface area (Å²) in [7, 11) is -2.38. The number of carbonyl (C=O) groups is 1. The van der Waals surface area contributed by atoms with Crippen molar-refractivity contribution in [3.8, 4) is 11.5 Å². The lowest BCUT2D eigenvalue weighted by atomic mass is 10.2. The van der Waals surface area contributed by atoms with E-state index < -0.39 is 15.9 Å². The molecule has 0 aliphatic rings. The van der Waals surface area contributed by atoms with Crippen LogP contribution >= 0.6 is 0 Å². The Morgan fingerprint density at radius 1 is 1.07 bits per heavy atom. The van der Waals surface area contributed by atoms with Gasteiger partial charge in [-0.05, 0) is 56.3 Å². The van der Waals surface area contributed by atoms with Crippen molar-refractivity contribution in [2.45, 2.75) is 38.7 Å². The van der Waals surface area contributed by atoms with Gasteiger partial charge in [-0.15, -0.1) is 0 Å². The average Bonchev–Trinajstić information content (AvgIpc) is 2.69. The summed E-state index contributed by atoms with van der Waals surface area (Å²) >= 11 is 0. The van der Waals surface area contributed by atoms with Crippen molar-refractivity contribution >= 4 is 21.6 Å². The van der Waals surface area contributed by atoms with Crippen molar-refractivity contribution in [1.29, 1.82) is 0 Å². The molecule has 0 atom stereocenters. The van der Waals surface area contributed by atoms with Gasteiger partial charge in [-0.25, -0.2) is 8.42 Å². The third-order valence-corrected chi connectivity index (χ3v) is 6.30. The van der Waals surface area contributed by atoms with Gasteiger partial charge < -0.3 is 14.8 Å². The van der Waals surface area contributed by atoms with E-state index >= 15 is 0 Å². The molecule has 0 aliphatic carbocycles. The molecule has 7 nitrogen and oxygen atoms in total. The first-order chi connectivity index (χ1) is 13.7. The van der Waals surface area contributed by atoms with E-state index in [9.17, 15) is 13.2 Å². The van der Waals surface area contributed by atoms with Crippen molar-refractivity contribution in [2.24, 2.45) is 0 Å². The topological polar surface area (TPSA) is 84.9 Å². The fourth-order valence-electron chi connectivity index (χ4n) is 2.81. The molecule has 0 spiro atoms. The lowest BCUT2D eigenvalue weighted by molar-refractivity contribution is 0.102. The van der Waals surface area contributed by atoms with Crippen LogP contribution in [0.1, 0.15) is 38.1 Å². The summed E-state index contributed by atoms with van der Waals surface area (Å²) in [5.41, 5.74) is 0.800. The summed E-state index contributed by atoms with van der Waals surface area (Å²) in [6.07, 6.45) is 0.0564. The van der Waals surface area contributed by atoms with E-state index in [-0.39, 0.29) is 22.3 Å². The Hall–Kier alpha value is -2.58. The van der Waals surface area contributed by atoms with Crippen molar-refractivity contribution in [3.05, 3.63) is 48.0 Å². The van der Waals surface area contributed by atoms with Gasteiger partial charge in [0.05, 0.1) is 13.2 Å². The van der Waals surface area contributed by atoms with Crippen molar-refractivity contribution in [1.82, 2.24) is 4.31 Å². The summed E-state index contributed by atoms with van der Waals surface area (Å²) in [4.78, 5) is 12.6. The van der Waals surface area contributed by atoms with Crippen LogP contribution in [0.4, 0.5) is 5.69 Å². The van der Waals surface area contributed by atoms with Crippen molar-refractivity contribution < 1.29 is 22.7 Å². The molecule has 0 saturated heterocycles. The van der Waals surface area contributed by atoms with E-state index in [0.29, 0.717) is 24.5 Å².